The molecular formula is C13H18N4O. The molecule has 2 rings (SSSR count). The van der Waals surface area contributed by atoms with Crippen LogP contribution in [-0.2, 0) is 6.54 Å². The average molecular weight is 246 g/mol. The molecular weight excluding hydrogens is 228 g/mol. The number of rotatable bonds is 6. The lowest BCUT2D eigenvalue weighted by Gasteiger charge is -2.06. The Kier molecular flexibility index (Phi) is 4.17. The second-order valence-electron chi connectivity index (χ2n) is 4.06. The van der Waals surface area contributed by atoms with Crippen LogP contribution in [0.1, 0.15) is 24.9 Å². The van der Waals surface area contributed by atoms with E-state index in [2.05, 4.69) is 27.5 Å². The number of aryl methyl sites for hydroxylation is 1. The predicted molar refractivity (Wildman–Crippen MR) is 71.6 cm³/mol. The molecule has 18 heavy (non-hydrogen) atoms. The molecule has 5 heteroatoms. The van der Waals surface area contributed by atoms with Gasteiger partial charge in [-0.1, -0.05) is 6.92 Å². The Morgan fingerprint density at radius 1 is 1.22 bits per heavy atom. The van der Waals surface area contributed by atoms with Gasteiger partial charge in [0.25, 0.3) is 0 Å². The lowest BCUT2D eigenvalue weighted by Crippen LogP contribution is -2.06. The third-order valence-corrected chi connectivity index (χ3v) is 2.43. The van der Waals surface area contributed by atoms with Gasteiger partial charge in [0.2, 0.25) is 5.95 Å². The molecule has 2 N–H and O–H groups in total. The fourth-order valence-corrected chi connectivity index (χ4v) is 1.54. The van der Waals surface area contributed by atoms with E-state index in [-0.39, 0.29) is 0 Å². The first-order valence-electron chi connectivity index (χ1n) is 6.14. The lowest BCUT2D eigenvalue weighted by molar-refractivity contribution is 0.490. The van der Waals surface area contributed by atoms with Crippen molar-refractivity contribution in [3.63, 3.8) is 0 Å². The lowest BCUT2D eigenvalue weighted by atomic mass is 10.4. The summed E-state index contributed by atoms with van der Waals surface area (Å²) in [7, 11) is 0. The van der Waals surface area contributed by atoms with Crippen LogP contribution in [0.4, 0.5) is 11.8 Å². The highest BCUT2D eigenvalue weighted by atomic mass is 16.3. The minimum absolute atomic E-state index is 0.623. The standard InChI is InChI=1S/C13H18N4O/c1-3-7-14-13-15-8-6-12(17-13)16-9-11-5-4-10(2)18-11/h4-6,8H,3,7,9H2,1-2H3,(H2,14,15,16,17). The van der Waals surface area contributed by atoms with Crippen LogP contribution in [0.3, 0.4) is 0 Å². The van der Waals surface area contributed by atoms with Gasteiger partial charge in [0.15, 0.2) is 0 Å². The normalized spacial score (nSPS) is 10.3. The van der Waals surface area contributed by atoms with Crippen LogP contribution in [0, 0.1) is 6.92 Å². The topological polar surface area (TPSA) is 63.0 Å². The van der Waals surface area contributed by atoms with Gasteiger partial charge < -0.3 is 15.1 Å². The number of aromatic nitrogens is 2. The number of anilines is 2. The second kappa shape index (κ2) is 6.05. The van der Waals surface area contributed by atoms with Crippen molar-refractivity contribution < 1.29 is 4.42 Å². The number of hydrogen-bond acceptors (Lipinski definition) is 5. The van der Waals surface area contributed by atoms with Crippen molar-refractivity contribution in [2.45, 2.75) is 26.8 Å². The molecule has 0 saturated heterocycles. The van der Waals surface area contributed by atoms with E-state index in [1.807, 2.05) is 25.1 Å². The second-order valence-corrected chi connectivity index (χ2v) is 4.06. The van der Waals surface area contributed by atoms with Crippen LogP contribution < -0.4 is 10.6 Å². The van der Waals surface area contributed by atoms with Gasteiger partial charge in [-0.05, 0) is 31.5 Å². The van der Waals surface area contributed by atoms with Crippen molar-refractivity contribution in [1.82, 2.24) is 9.97 Å². The molecule has 0 aliphatic heterocycles. The first kappa shape index (κ1) is 12.4. The van der Waals surface area contributed by atoms with Gasteiger partial charge in [0.1, 0.15) is 17.3 Å². The van der Waals surface area contributed by atoms with Gasteiger partial charge in [0.05, 0.1) is 6.54 Å². The summed E-state index contributed by atoms with van der Waals surface area (Å²) in [4.78, 5) is 8.51. The van der Waals surface area contributed by atoms with Gasteiger partial charge >= 0.3 is 0 Å². The van der Waals surface area contributed by atoms with Crippen molar-refractivity contribution in [2.75, 3.05) is 17.2 Å². The summed E-state index contributed by atoms with van der Waals surface area (Å²) in [5.74, 6) is 3.25. The molecule has 0 amide bonds. The van der Waals surface area contributed by atoms with Crippen LogP contribution in [-0.4, -0.2) is 16.5 Å². The zero-order chi connectivity index (χ0) is 12.8. The van der Waals surface area contributed by atoms with Gasteiger partial charge in [-0.2, -0.15) is 4.98 Å². The fraction of sp³-hybridized carbons (Fsp3) is 0.385. The van der Waals surface area contributed by atoms with E-state index >= 15 is 0 Å². The Labute approximate surface area is 107 Å². The molecule has 0 spiro atoms. The number of nitrogens with zero attached hydrogens (tertiary/aromatic N) is 2. The Bertz CT molecular complexity index is 495. The Morgan fingerprint density at radius 2 is 2.11 bits per heavy atom. The highest BCUT2D eigenvalue weighted by molar-refractivity contribution is 5.39. The van der Waals surface area contributed by atoms with E-state index in [9.17, 15) is 0 Å². The summed E-state index contributed by atoms with van der Waals surface area (Å²) in [6.07, 6.45) is 2.79. The summed E-state index contributed by atoms with van der Waals surface area (Å²) >= 11 is 0. The zero-order valence-electron chi connectivity index (χ0n) is 10.7. The monoisotopic (exact) mass is 246 g/mol. The van der Waals surface area contributed by atoms with Crippen molar-refractivity contribution in [3.05, 3.63) is 35.9 Å². The maximum absolute atomic E-state index is 5.48. The average Bonchev–Trinajstić information content (AvgIpc) is 2.80. The Balaban J connectivity index is 1.92. The van der Waals surface area contributed by atoms with Crippen molar-refractivity contribution in [1.29, 1.82) is 0 Å². The van der Waals surface area contributed by atoms with Gasteiger partial charge in [0, 0.05) is 12.7 Å². The van der Waals surface area contributed by atoms with Crippen molar-refractivity contribution >= 4 is 11.8 Å². The molecule has 96 valence electrons. The molecule has 0 radical (unpaired) electrons. The van der Waals surface area contributed by atoms with Gasteiger partial charge in [-0.15, -0.1) is 0 Å². The summed E-state index contributed by atoms with van der Waals surface area (Å²) < 4.78 is 5.48. The molecule has 0 aliphatic carbocycles. The maximum atomic E-state index is 5.48. The Hall–Kier alpha value is -2.04. The third kappa shape index (κ3) is 3.48. The quantitative estimate of drug-likeness (QED) is 0.820. The van der Waals surface area contributed by atoms with Crippen molar-refractivity contribution in [3.8, 4) is 0 Å². The summed E-state index contributed by atoms with van der Waals surface area (Å²) in [5, 5.41) is 6.36. The van der Waals surface area contributed by atoms with E-state index in [0.29, 0.717) is 12.5 Å². The summed E-state index contributed by atoms with van der Waals surface area (Å²) in [6.45, 7) is 5.54. The minimum atomic E-state index is 0.623. The molecule has 0 fully saturated rings. The molecule has 5 nitrogen and oxygen atoms in total. The number of furan rings is 1. The molecule has 2 aromatic heterocycles. The first-order chi connectivity index (χ1) is 8.78. The molecule has 0 saturated carbocycles. The highest BCUT2D eigenvalue weighted by Gasteiger charge is 2.01. The summed E-state index contributed by atoms with van der Waals surface area (Å²) in [6, 6.07) is 5.75. The van der Waals surface area contributed by atoms with Gasteiger partial charge in [-0.25, -0.2) is 4.98 Å². The first-order valence-corrected chi connectivity index (χ1v) is 6.14. The van der Waals surface area contributed by atoms with Crippen LogP contribution >= 0.6 is 0 Å². The largest absolute Gasteiger partial charge is 0.465 e. The number of nitrogens with one attached hydrogen (secondary N) is 2. The highest BCUT2D eigenvalue weighted by Crippen LogP contribution is 2.10. The SMILES string of the molecule is CCCNc1nccc(NCc2ccc(C)o2)n1. The van der Waals surface area contributed by atoms with Gasteiger partial charge in [-0.3, -0.25) is 0 Å². The Morgan fingerprint density at radius 3 is 2.83 bits per heavy atom. The molecule has 2 heterocycles. The predicted octanol–water partition coefficient (Wildman–Crippen LogP) is 2.81. The maximum Gasteiger partial charge on any atom is 0.224 e. The summed E-state index contributed by atoms with van der Waals surface area (Å²) in [5.41, 5.74) is 0. The minimum Gasteiger partial charge on any atom is -0.465 e. The van der Waals surface area contributed by atoms with E-state index in [1.54, 1.807) is 6.20 Å². The van der Waals surface area contributed by atoms with E-state index in [4.69, 9.17) is 4.42 Å². The molecule has 0 unspecified atom stereocenters. The molecule has 0 aromatic carbocycles. The van der Waals surface area contributed by atoms with E-state index < -0.39 is 0 Å². The van der Waals surface area contributed by atoms with Crippen molar-refractivity contribution in [2.24, 2.45) is 0 Å². The zero-order valence-corrected chi connectivity index (χ0v) is 10.7. The smallest absolute Gasteiger partial charge is 0.224 e. The molecule has 2 aromatic rings. The van der Waals surface area contributed by atoms with E-state index in [1.165, 1.54) is 0 Å². The van der Waals surface area contributed by atoms with Crippen LogP contribution in [0.15, 0.2) is 28.8 Å². The molecule has 0 aliphatic rings. The van der Waals surface area contributed by atoms with Crippen LogP contribution in [0.25, 0.3) is 0 Å². The fourth-order valence-electron chi connectivity index (χ4n) is 1.54. The van der Waals surface area contributed by atoms with Crippen LogP contribution in [0.5, 0.6) is 0 Å². The number of hydrogen-bond donors (Lipinski definition) is 2. The molecule has 0 atom stereocenters. The molecule has 0 bridgehead atoms. The van der Waals surface area contributed by atoms with E-state index in [0.717, 1.165) is 30.3 Å². The third-order valence-electron chi connectivity index (χ3n) is 2.43. The van der Waals surface area contributed by atoms with Crippen LogP contribution in [0.2, 0.25) is 0 Å².